The van der Waals surface area contributed by atoms with E-state index in [2.05, 4.69) is 39.9 Å². The van der Waals surface area contributed by atoms with Crippen molar-refractivity contribution in [2.75, 3.05) is 0 Å². The lowest BCUT2D eigenvalue weighted by molar-refractivity contribution is -0.117. The van der Waals surface area contributed by atoms with Crippen molar-refractivity contribution in [2.24, 2.45) is 0 Å². The SMILES string of the molecule is O=C1CCCC2=C1C(c1cn(Cc3cccc(F)c3)c3ccccc13)C1=C(CCCC1=O)N2Cc1ccccc1. The predicted molar refractivity (Wildman–Crippen MR) is 154 cm³/mol. The Hall–Kier alpha value is -4.25. The van der Waals surface area contributed by atoms with E-state index in [1.54, 1.807) is 12.1 Å². The Morgan fingerprint density at radius 1 is 0.700 bits per heavy atom. The molecule has 0 fully saturated rings. The molecule has 0 spiro atoms. The van der Waals surface area contributed by atoms with Crippen molar-refractivity contribution in [1.82, 2.24) is 9.47 Å². The van der Waals surface area contributed by atoms with Crippen LogP contribution in [0.1, 0.15) is 61.1 Å². The normalized spacial score (nSPS) is 18.0. The number of nitrogens with zero attached hydrogens (tertiary/aromatic N) is 2. The van der Waals surface area contributed by atoms with Gasteiger partial charge in [-0.15, -0.1) is 0 Å². The Kier molecular flexibility index (Phi) is 6.22. The first-order valence-corrected chi connectivity index (χ1v) is 14.2. The van der Waals surface area contributed by atoms with Crippen LogP contribution in [-0.4, -0.2) is 21.0 Å². The van der Waals surface area contributed by atoms with Crippen molar-refractivity contribution in [3.63, 3.8) is 0 Å². The van der Waals surface area contributed by atoms with Gasteiger partial charge in [-0.1, -0.05) is 60.7 Å². The van der Waals surface area contributed by atoms with Crippen molar-refractivity contribution in [3.05, 3.63) is 130 Å². The molecule has 3 aliphatic rings. The average molecular weight is 531 g/mol. The van der Waals surface area contributed by atoms with Crippen molar-refractivity contribution in [2.45, 2.75) is 57.5 Å². The molecule has 2 heterocycles. The van der Waals surface area contributed by atoms with Gasteiger partial charge in [-0.3, -0.25) is 9.59 Å². The molecule has 1 aliphatic heterocycles. The van der Waals surface area contributed by atoms with Gasteiger partial charge in [0.25, 0.3) is 0 Å². The van der Waals surface area contributed by atoms with Gasteiger partial charge in [0.05, 0.1) is 0 Å². The monoisotopic (exact) mass is 530 g/mol. The summed E-state index contributed by atoms with van der Waals surface area (Å²) in [6.07, 6.45) is 6.43. The molecule has 2 aliphatic carbocycles. The second kappa shape index (κ2) is 10.1. The van der Waals surface area contributed by atoms with Crippen LogP contribution in [0.3, 0.4) is 0 Å². The lowest BCUT2D eigenvalue weighted by Gasteiger charge is -2.44. The molecule has 40 heavy (non-hydrogen) atoms. The second-order valence-electron chi connectivity index (χ2n) is 11.1. The zero-order valence-electron chi connectivity index (χ0n) is 22.4. The van der Waals surface area contributed by atoms with E-state index in [9.17, 15) is 14.0 Å². The number of Topliss-reactive ketones (excluding diaryl/α,β-unsaturated/α-hetero) is 2. The first kappa shape index (κ1) is 24.8. The number of hydrogen-bond acceptors (Lipinski definition) is 3. The lowest BCUT2D eigenvalue weighted by atomic mass is 9.71. The van der Waals surface area contributed by atoms with Crippen LogP contribution < -0.4 is 0 Å². The number of fused-ring (bicyclic) bond motifs is 1. The number of halogens is 1. The molecular weight excluding hydrogens is 499 g/mol. The van der Waals surface area contributed by atoms with Crippen LogP contribution in [-0.2, 0) is 22.7 Å². The number of hydrogen-bond donors (Lipinski definition) is 0. The van der Waals surface area contributed by atoms with Gasteiger partial charge in [0, 0.05) is 71.5 Å². The standard InChI is InChI=1S/C35H31FN2O2/c36-25-12-6-11-24(19-25)20-37-22-27(26-13-4-5-14-28(26)37)33-34-29(15-7-17-31(34)39)38(21-23-9-2-1-3-10-23)30-16-8-18-32(40)35(30)33/h1-6,9-14,19,22,33H,7-8,15-18,20-21H2. The molecule has 4 nitrogen and oxygen atoms in total. The molecule has 7 rings (SSSR count). The summed E-state index contributed by atoms with van der Waals surface area (Å²) in [6.45, 7) is 1.16. The summed E-state index contributed by atoms with van der Waals surface area (Å²) < 4.78 is 16.2. The summed E-state index contributed by atoms with van der Waals surface area (Å²) in [5.74, 6) is -0.339. The van der Waals surface area contributed by atoms with Gasteiger partial charge in [0.1, 0.15) is 5.82 Å². The molecule has 4 aromatic rings. The summed E-state index contributed by atoms with van der Waals surface area (Å²) in [5.41, 5.74) is 7.81. The highest BCUT2D eigenvalue weighted by molar-refractivity contribution is 6.07. The second-order valence-corrected chi connectivity index (χ2v) is 11.1. The molecule has 0 saturated heterocycles. The molecule has 0 radical (unpaired) electrons. The number of aromatic nitrogens is 1. The molecule has 0 bridgehead atoms. The molecule has 0 atom stereocenters. The van der Waals surface area contributed by atoms with Crippen LogP contribution in [0.2, 0.25) is 0 Å². The number of para-hydroxylation sites is 1. The van der Waals surface area contributed by atoms with E-state index in [0.717, 1.165) is 70.3 Å². The van der Waals surface area contributed by atoms with Crippen molar-refractivity contribution >= 4 is 22.5 Å². The maximum absolute atomic E-state index is 14.0. The average Bonchev–Trinajstić information content (AvgIpc) is 3.32. The maximum Gasteiger partial charge on any atom is 0.161 e. The molecule has 0 unspecified atom stereocenters. The fourth-order valence-electron chi connectivity index (χ4n) is 6.95. The van der Waals surface area contributed by atoms with Gasteiger partial charge in [0.15, 0.2) is 11.6 Å². The van der Waals surface area contributed by atoms with Crippen LogP contribution >= 0.6 is 0 Å². The summed E-state index contributed by atoms with van der Waals surface area (Å²) in [6, 6.07) is 25.2. The fourth-order valence-corrected chi connectivity index (χ4v) is 6.95. The van der Waals surface area contributed by atoms with E-state index >= 15 is 0 Å². The highest BCUT2D eigenvalue weighted by Crippen LogP contribution is 2.51. The van der Waals surface area contributed by atoms with Gasteiger partial charge in [-0.2, -0.15) is 0 Å². The number of benzene rings is 3. The Balaban J connectivity index is 1.43. The van der Waals surface area contributed by atoms with E-state index in [-0.39, 0.29) is 23.3 Å². The molecule has 5 heteroatoms. The quantitative estimate of drug-likeness (QED) is 0.269. The number of ketones is 2. The van der Waals surface area contributed by atoms with E-state index in [1.165, 1.54) is 11.6 Å². The van der Waals surface area contributed by atoms with Crippen molar-refractivity contribution in [1.29, 1.82) is 0 Å². The van der Waals surface area contributed by atoms with Gasteiger partial charge in [0.2, 0.25) is 0 Å². The number of carbonyl (C=O) groups excluding carboxylic acids is 2. The van der Waals surface area contributed by atoms with Gasteiger partial charge in [-0.05, 0) is 60.6 Å². The Morgan fingerprint density at radius 3 is 2.05 bits per heavy atom. The van der Waals surface area contributed by atoms with E-state index in [0.29, 0.717) is 25.9 Å². The Morgan fingerprint density at radius 2 is 1.35 bits per heavy atom. The lowest BCUT2D eigenvalue weighted by Crippen LogP contribution is -2.38. The first-order chi connectivity index (χ1) is 19.6. The third-order valence-electron chi connectivity index (χ3n) is 8.64. The first-order valence-electron chi connectivity index (χ1n) is 14.2. The van der Waals surface area contributed by atoms with Crippen molar-refractivity contribution < 1.29 is 14.0 Å². The van der Waals surface area contributed by atoms with E-state index in [1.807, 2.05) is 36.4 Å². The number of carbonyl (C=O) groups is 2. The summed E-state index contributed by atoms with van der Waals surface area (Å²) in [7, 11) is 0. The van der Waals surface area contributed by atoms with Gasteiger partial charge < -0.3 is 9.47 Å². The van der Waals surface area contributed by atoms with Crippen LogP contribution in [0, 0.1) is 5.82 Å². The zero-order chi connectivity index (χ0) is 27.2. The van der Waals surface area contributed by atoms with Crippen LogP contribution in [0.4, 0.5) is 4.39 Å². The molecule has 200 valence electrons. The smallest absolute Gasteiger partial charge is 0.161 e. The molecule has 0 saturated carbocycles. The van der Waals surface area contributed by atoms with Gasteiger partial charge >= 0.3 is 0 Å². The summed E-state index contributed by atoms with van der Waals surface area (Å²) >= 11 is 0. The largest absolute Gasteiger partial charge is 0.343 e. The molecule has 3 aromatic carbocycles. The highest BCUT2D eigenvalue weighted by atomic mass is 19.1. The molecular formula is C35H31FN2O2. The van der Waals surface area contributed by atoms with Crippen LogP contribution in [0.5, 0.6) is 0 Å². The van der Waals surface area contributed by atoms with Crippen molar-refractivity contribution in [3.8, 4) is 0 Å². The predicted octanol–water partition coefficient (Wildman–Crippen LogP) is 7.44. The Bertz CT molecular complexity index is 1670. The molecule has 0 N–H and O–H groups in total. The maximum atomic E-state index is 14.0. The topological polar surface area (TPSA) is 42.3 Å². The fraction of sp³-hybridized carbons (Fsp3) is 0.257. The van der Waals surface area contributed by atoms with E-state index in [4.69, 9.17) is 0 Å². The number of allylic oxidation sites excluding steroid dienone is 4. The minimum absolute atomic E-state index is 0.149. The molecule has 1 aromatic heterocycles. The zero-order valence-corrected chi connectivity index (χ0v) is 22.4. The minimum Gasteiger partial charge on any atom is -0.343 e. The van der Waals surface area contributed by atoms with Crippen LogP contribution in [0.15, 0.2) is 108 Å². The number of rotatable bonds is 5. The Labute approximate surface area is 233 Å². The highest BCUT2D eigenvalue weighted by Gasteiger charge is 2.44. The summed E-state index contributed by atoms with van der Waals surface area (Å²) in [5, 5.41) is 1.04. The van der Waals surface area contributed by atoms with E-state index < -0.39 is 0 Å². The third kappa shape index (κ3) is 4.21. The minimum atomic E-state index is -0.378. The van der Waals surface area contributed by atoms with Gasteiger partial charge in [-0.25, -0.2) is 4.39 Å². The summed E-state index contributed by atoms with van der Waals surface area (Å²) in [4.78, 5) is 29.9. The molecule has 0 amide bonds. The van der Waals surface area contributed by atoms with Crippen LogP contribution in [0.25, 0.3) is 10.9 Å². The third-order valence-corrected chi connectivity index (χ3v) is 8.64.